The van der Waals surface area contributed by atoms with E-state index in [1.54, 1.807) is 7.11 Å². The number of fused-ring (bicyclic) bond motifs is 1. The van der Waals surface area contributed by atoms with E-state index in [2.05, 4.69) is 13.8 Å². The SMILES string of the molecule is COc1c(C=O)c2ccccc2n1C(C)C. The fourth-order valence-corrected chi connectivity index (χ4v) is 2.10. The zero-order chi connectivity index (χ0) is 11.7. The number of rotatable bonds is 3. The molecule has 84 valence electrons. The minimum atomic E-state index is 0.258. The van der Waals surface area contributed by atoms with Gasteiger partial charge in [0.2, 0.25) is 5.88 Å². The van der Waals surface area contributed by atoms with Gasteiger partial charge < -0.3 is 9.30 Å². The Bertz CT molecular complexity index is 526. The number of para-hydroxylation sites is 1. The van der Waals surface area contributed by atoms with Crippen molar-refractivity contribution in [3.05, 3.63) is 29.8 Å². The van der Waals surface area contributed by atoms with E-state index in [0.717, 1.165) is 17.2 Å². The highest BCUT2D eigenvalue weighted by molar-refractivity contribution is 6.00. The molecule has 2 aromatic rings. The average molecular weight is 217 g/mol. The number of benzene rings is 1. The minimum Gasteiger partial charge on any atom is -0.482 e. The summed E-state index contributed by atoms with van der Waals surface area (Å²) in [6.07, 6.45) is 0.861. The number of carbonyl (C=O) groups is 1. The number of nitrogens with zero attached hydrogens (tertiary/aromatic N) is 1. The molecule has 0 aliphatic carbocycles. The Morgan fingerprint density at radius 1 is 1.31 bits per heavy atom. The van der Waals surface area contributed by atoms with Gasteiger partial charge in [0.25, 0.3) is 0 Å². The highest BCUT2D eigenvalue weighted by Crippen LogP contribution is 2.33. The molecule has 0 fully saturated rings. The molecule has 0 unspecified atom stereocenters. The number of ether oxygens (including phenoxy) is 1. The van der Waals surface area contributed by atoms with Gasteiger partial charge in [-0.15, -0.1) is 0 Å². The van der Waals surface area contributed by atoms with E-state index in [-0.39, 0.29) is 6.04 Å². The van der Waals surface area contributed by atoms with Crippen LogP contribution in [0.2, 0.25) is 0 Å². The number of carbonyl (C=O) groups excluding carboxylic acids is 1. The Hall–Kier alpha value is -1.77. The fraction of sp³-hybridized carbons (Fsp3) is 0.308. The Labute approximate surface area is 94.6 Å². The van der Waals surface area contributed by atoms with Crippen molar-refractivity contribution in [2.45, 2.75) is 19.9 Å². The highest BCUT2D eigenvalue weighted by Gasteiger charge is 2.18. The summed E-state index contributed by atoms with van der Waals surface area (Å²) in [5, 5.41) is 0.947. The van der Waals surface area contributed by atoms with Crippen LogP contribution in [-0.4, -0.2) is 18.0 Å². The van der Waals surface area contributed by atoms with Crippen molar-refractivity contribution in [1.29, 1.82) is 0 Å². The third-order valence-corrected chi connectivity index (χ3v) is 2.73. The number of methoxy groups -OCH3 is 1. The van der Waals surface area contributed by atoms with Gasteiger partial charge in [0, 0.05) is 11.4 Å². The molecule has 3 nitrogen and oxygen atoms in total. The molecule has 0 amide bonds. The second-order valence-electron chi connectivity index (χ2n) is 4.02. The van der Waals surface area contributed by atoms with E-state index >= 15 is 0 Å². The van der Waals surface area contributed by atoms with Gasteiger partial charge in [-0.25, -0.2) is 0 Å². The topological polar surface area (TPSA) is 31.2 Å². The lowest BCUT2D eigenvalue weighted by Gasteiger charge is -2.13. The first-order chi connectivity index (χ1) is 7.70. The van der Waals surface area contributed by atoms with E-state index in [9.17, 15) is 4.79 Å². The molecular weight excluding hydrogens is 202 g/mol. The summed E-state index contributed by atoms with van der Waals surface area (Å²) in [7, 11) is 1.60. The van der Waals surface area contributed by atoms with Gasteiger partial charge in [-0.05, 0) is 19.9 Å². The Balaban J connectivity index is 2.90. The number of hydrogen-bond acceptors (Lipinski definition) is 2. The predicted molar refractivity (Wildman–Crippen MR) is 64.3 cm³/mol. The normalized spacial score (nSPS) is 11.0. The molecule has 0 radical (unpaired) electrons. The summed E-state index contributed by atoms with van der Waals surface area (Å²) in [6, 6.07) is 8.11. The molecule has 1 heterocycles. The molecule has 0 spiro atoms. The Morgan fingerprint density at radius 2 is 2.00 bits per heavy atom. The minimum absolute atomic E-state index is 0.258. The van der Waals surface area contributed by atoms with Crippen LogP contribution < -0.4 is 4.74 Å². The molecule has 3 heteroatoms. The molecule has 0 atom stereocenters. The van der Waals surface area contributed by atoms with Crippen molar-refractivity contribution in [3.8, 4) is 5.88 Å². The molecule has 0 N–H and O–H groups in total. The summed E-state index contributed by atoms with van der Waals surface area (Å²) >= 11 is 0. The molecule has 0 saturated carbocycles. The summed E-state index contributed by atoms with van der Waals surface area (Å²) in [5.41, 5.74) is 1.67. The second-order valence-corrected chi connectivity index (χ2v) is 4.02. The van der Waals surface area contributed by atoms with E-state index in [0.29, 0.717) is 11.4 Å². The Morgan fingerprint density at radius 3 is 2.56 bits per heavy atom. The molecule has 0 bridgehead atoms. The Kier molecular flexibility index (Phi) is 2.69. The lowest BCUT2D eigenvalue weighted by Crippen LogP contribution is -2.03. The van der Waals surface area contributed by atoms with Crippen LogP contribution in [-0.2, 0) is 0 Å². The lowest BCUT2D eigenvalue weighted by atomic mass is 10.2. The maximum Gasteiger partial charge on any atom is 0.205 e. The van der Waals surface area contributed by atoms with Crippen molar-refractivity contribution >= 4 is 17.2 Å². The number of hydrogen-bond donors (Lipinski definition) is 0. The molecule has 0 aliphatic heterocycles. The number of aldehydes is 1. The van der Waals surface area contributed by atoms with Crippen molar-refractivity contribution in [1.82, 2.24) is 4.57 Å². The summed E-state index contributed by atoms with van der Waals surface area (Å²) in [6.45, 7) is 4.15. The quantitative estimate of drug-likeness (QED) is 0.740. The smallest absolute Gasteiger partial charge is 0.205 e. The van der Waals surface area contributed by atoms with Crippen molar-refractivity contribution in [2.75, 3.05) is 7.11 Å². The monoisotopic (exact) mass is 217 g/mol. The van der Waals surface area contributed by atoms with Gasteiger partial charge in [-0.3, -0.25) is 4.79 Å². The molecule has 0 saturated heterocycles. The first-order valence-corrected chi connectivity index (χ1v) is 5.32. The van der Waals surface area contributed by atoms with Crippen LogP contribution in [0.3, 0.4) is 0 Å². The van der Waals surface area contributed by atoms with E-state index in [1.165, 1.54) is 0 Å². The standard InChI is InChI=1S/C13H15NO2/c1-9(2)14-12-7-5-4-6-10(12)11(8-15)13(14)16-3/h4-9H,1-3H3. The van der Waals surface area contributed by atoms with Crippen molar-refractivity contribution in [3.63, 3.8) is 0 Å². The van der Waals surface area contributed by atoms with E-state index in [1.807, 2.05) is 28.8 Å². The van der Waals surface area contributed by atoms with Gasteiger partial charge in [-0.2, -0.15) is 0 Å². The van der Waals surface area contributed by atoms with Gasteiger partial charge in [0.1, 0.15) is 0 Å². The van der Waals surface area contributed by atoms with Crippen LogP contribution in [0.4, 0.5) is 0 Å². The third-order valence-electron chi connectivity index (χ3n) is 2.73. The predicted octanol–water partition coefficient (Wildman–Crippen LogP) is 3.04. The van der Waals surface area contributed by atoms with Crippen molar-refractivity contribution in [2.24, 2.45) is 0 Å². The molecule has 16 heavy (non-hydrogen) atoms. The van der Waals surface area contributed by atoms with Gasteiger partial charge in [0.05, 0.1) is 18.2 Å². The van der Waals surface area contributed by atoms with Crippen LogP contribution in [0.5, 0.6) is 5.88 Å². The maximum absolute atomic E-state index is 11.1. The lowest BCUT2D eigenvalue weighted by molar-refractivity contribution is 0.112. The van der Waals surface area contributed by atoms with Gasteiger partial charge >= 0.3 is 0 Å². The van der Waals surface area contributed by atoms with Crippen LogP contribution in [0.15, 0.2) is 24.3 Å². The molecule has 2 rings (SSSR count). The highest BCUT2D eigenvalue weighted by atomic mass is 16.5. The van der Waals surface area contributed by atoms with Crippen LogP contribution in [0.1, 0.15) is 30.2 Å². The first-order valence-electron chi connectivity index (χ1n) is 5.32. The fourth-order valence-electron chi connectivity index (χ4n) is 2.10. The molecule has 0 aliphatic rings. The average Bonchev–Trinajstić information content (AvgIpc) is 2.62. The summed E-state index contributed by atoms with van der Waals surface area (Å²) in [5.74, 6) is 0.645. The zero-order valence-electron chi connectivity index (χ0n) is 9.73. The van der Waals surface area contributed by atoms with Crippen molar-refractivity contribution < 1.29 is 9.53 Å². The summed E-state index contributed by atoms with van der Waals surface area (Å²) in [4.78, 5) is 11.1. The van der Waals surface area contributed by atoms with Gasteiger partial charge in [0.15, 0.2) is 6.29 Å². The van der Waals surface area contributed by atoms with Crippen LogP contribution in [0.25, 0.3) is 10.9 Å². The van der Waals surface area contributed by atoms with E-state index in [4.69, 9.17) is 4.74 Å². The van der Waals surface area contributed by atoms with Crippen LogP contribution >= 0.6 is 0 Å². The molecular formula is C13H15NO2. The molecule has 1 aromatic heterocycles. The summed E-state index contributed by atoms with van der Waals surface area (Å²) < 4.78 is 7.39. The second kappa shape index (κ2) is 4.00. The maximum atomic E-state index is 11.1. The van der Waals surface area contributed by atoms with Gasteiger partial charge in [-0.1, -0.05) is 18.2 Å². The van der Waals surface area contributed by atoms with Crippen LogP contribution in [0, 0.1) is 0 Å². The zero-order valence-corrected chi connectivity index (χ0v) is 9.73. The van der Waals surface area contributed by atoms with E-state index < -0.39 is 0 Å². The largest absolute Gasteiger partial charge is 0.482 e. The third kappa shape index (κ3) is 1.40. The first kappa shape index (κ1) is 10.7. The number of aromatic nitrogens is 1. The molecule has 1 aromatic carbocycles.